The molecular weight excluding hydrogens is 388 g/mol. The lowest BCUT2D eigenvalue weighted by Gasteiger charge is -2.14. The molecule has 31 heavy (non-hydrogen) atoms. The number of hydrogen-bond donors (Lipinski definition) is 2. The Morgan fingerprint density at radius 2 is 1.77 bits per heavy atom. The minimum atomic E-state index is 0.523. The van der Waals surface area contributed by atoms with Gasteiger partial charge in [-0.25, -0.2) is 9.97 Å². The number of nitrogens with zero attached hydrogens (tertiary/aromatic N) is 6. The first-order chi connectivity index (χ1) is 15.3. The molecule has 8 heteroatoms. The highest BCUT2D eigenvalue weighted by molar-refractivity contribution is 5.83. The monoisotopic (exact) mass is 414 g/mol. The van der Waals surface area contributed by atoms with Crippen LogP contribution in [0.1, 0.15) is 18.4 Å². The molecule has 2 aromatic carbocycles. The molecule has 0 spiro atoms. The van der Waals surface area contributed by atoms with Crippen LogP contribution in [-0.4, -0.2) is 55.8 Å². The number of likely N-dealkylation sites (tertiary alicyclic amines) is 1. The van der Waals surface area contributed by atoms with Gasteiger partial charge in [0.15, 0.2) is 0 Å². The van der Waals surface area contributed by atoms with Crippen molar-refractivity contribution >= 4 is 28.5 Å². The van der Waals surface area contributed by atoms with Gasteiger partial charge in [0.25, 0.3) is 0 Å². The molecule has 1 aliphatic rings. The van der Waals surface area contributed by atoms with Gasteiger partial charge in [0.1, 0.15) is 6.33 Å². The Morgan fingerprint density at radius 1 is 0.935 bits per heavy atom. The number of fused-ring (bicyclic) bond motifs is 1. The van der Waals surface area contributed by atoms with Gasteiger partial charge in [0.2, 0.25) is 11.9 Å². The SMILES string of the molecule is c1ccc(Cn2ncc3cc(Nc4ncnc(NCCN5CCCC5)n4)ccc32)cc1. The third-order valence-electron chi connectivity index (χ3n) is 5.55. The molecule has 158 valence electrons. The quantitative estimate of drug-likeness (QED) is 0.456. The Balaban J connectivity index is 1.24. The van der Waals surface area contributed by atoms with E-state index in [4.69, 9.17) is 0 Å². The summed E-state index contributed by atoms with van der Waals surface area (Å²) < 4.78 is 2.01. The van der Waals surface area contributed by atoms with Gasteiger partial charge in [-0.2, -0.15) is 10.1 Å². The van der Waals surface area contributed by atoms with E-state index >= 15 is 0 Å². The molecule has 0 aliphatic carbocycles. The van der Waals surface area contributed by atoms with Crippen molar-refractivity contribution in [3.63, 3.8) is 0 Å². The Bertz CT molecular complexity index is 1130. The Labute approximate surface area is 181 Å². The zero-order valence-corrected chi connectivity index (χ0v) is 17.4. The van der Waals surface area contributed by atoms with E-state index in [-0.39, 0.29) is 0 Å². The molecule has 1 saturated heterocycles. The van der Waals surface area contributed by atoms with Gasteiger partial charge in [-0.1, -0.05) is 30.3 Å². The van der Waals surface area contributed by atoms with Crippen molar-refractivity contribution in [3.05, 3.63) is 66.6 Å². The van der Waals surface area contributed by atoms with E-state index in [0.29, 0.717) is 11.9 Å². The summed E-state index contributed by atoms with van der Waals surface area (Å²) >= 11 is 0. The van der Waals surface area contributed by atoms with Crippen LogP contribution in [0, 0.1) is 0 Å². The van der Waals surface area contributed by atoms with Crippen LogP contribution < -0.4 is 10.6 Å². The fourth-order valence-corrected chi connectivity index (χ4v) is 3.95. The van der Waals surface area contributed by atoms with Crippen LogP contribution in [0.4, 0.5) is 17.6 Å². The standard InChI is InChI=1S/C23H26N8/c1-2-6-18(7-3-1)16-31-21-9-8-20(14-19(21)15-27-31)28-23-26-17-25-22(29-23)24-10-13-30-11-4-5-12-30/h1-3,6-9,14-15,17H,4-5,10-13,16H2,(H2,24,25,26,28,29). The minimum absolute atomic E-state index is 0.523. The van der Waals surface area contributed by atoms with Gasteiger partial charge in [0.05, 0.1) is 18.3 Å². The summed E-state index contributed by atoms with van der Waals surface area (Å²) in [7, 11) is 0. The van der Waals surface area contributed by atoms with E-state index in [2.05, 4.69) is 59.8 Å². The summed E-state index contributed by atoms with van der Waals surface area (Å²) in [6.45, 7) is 4.97. The van der Waals surface area contributed by atoms with Crippen LogP contribution >= 0.6 is 0 Å². The molecule has 3 heterocycles. The fraction of sp³-hybridized carbons (Fsp3) is 0.304. The van der Waals surface area contributed by atoms with Crippen molar-refractivity contribution in [2.75, 3.05) is 36.8 Å². The highest BCUT2D eigenvalue weighted by atomic mass is 15.3. The molecule has 0 amide bonds. The third-order valence-corrected chi connectivity index (χ3v) is 5.55. The van der Waals surface area contributed by atoms with E-state index in [1.54, 1.807) is 0 Å². The molecule has 2 N–H and O–H groups in total. The van der Waals surface area contributed by atoms with Crippen LogP contribution in [0.3, 0.4) is 0 Å². The Hall–Kier alpha value is -3.52. The van der Waals surface area contributed by atoms with E-state index in [9.17, 15) is 0 Å². The molecule has 0 radical (unpaired) electrons. The molecule has 1 aliphatic heterocycles. The van der Waals surface area contributed by atoms with Crippen molar-refractivity contribution in [1.29, 1.82) is 0 Å². The van der Waals surface area contributed by atoms with E-state index in [1.165, 1.54) is 37.8 Å². The molecule has 0 unspecified atom stereocenters. The molecule has 4 aromatic rings. The van der Waals surface area contributed by atoms with E-state index in [0.717, 1.165) is 36.2 Å². The smallest absolute Gasteiger partial charge is 0.231 e. The van der Waals surface area contributed by atoms with E-state index < -0.39 is 0 Å². The van der Waals surface area contributed by atoms with Crippen molar-refractivity contribution in [1.82, 2.24) is 29.6 Å². The van der Waals surface area contributed by atoms with Crippen LogP contribution in [0.5, 0.6) is 0 Å². The molecule has 0 atom stereocenters. The van der Waals surface area contributed by atoms with Crippen LogP contribution in [0.2, 0.25) is 0 Å². The summed E-state index contributed by atoms with van der Waals surface area (Å²) in [6.07, 6.45) is 6.02. The normalized spacial score (nSPS) is 14.2. The van der Waals surface area contributed by atoms with Gasteiger partial charge in [-0.05, 0) is 49.7 Å². The lowest BCUT2D eigenvalue weighted by Crippen LogP contribution is -2.26. The number of anilines is 3. The number of hydrogen-bond acceptors (Lipinski definition) is 7. The fourth-order valence-electron chi connectivity index (χ4n) is 3.95. The zero-order valence-electron chi connectivity index (χ0n) is 17.4. The first-order valence-corrected chi connectivity index (χ1v) is 10.8. The summed E-state index contributed by atoms with van der Waals surface area (Å²) in [5, 5.41) is 12.2. The second-order valence-electron chi connectivity index (χ2n) is 7.79. The van der Waals surface area contributed by atoms with E-state index in [1.807, 2.05) is 35.1 Å². The van der Waals surface area contributed by atoms with Crippen molar-refractivity contribution in [3.8, 4) is 0 Å². The number of aromatic nitrogens is 5. The summed E-state index contributed by atoms with van der Waals surface area (Å²) in [4.78, 5) is 15.4. The predicted molar refractivity (Wildman–Crippen MR) is 123 cm³/mol. The number of rotatable bonds is 8. The topological polar surface area (TPSA) is 83.8 Å². The van der Waals surface area contributed by atoms with Crippen molar-refractivity contribution in [2.45, 2.75) is 19.4 Å². The van der Waals surface area contributed by atoms with Crippen LogP contribution in [0.25, 0.3) is 10.9 Å². The van der Waals surface area contributed by atoms with Gasteiger partial charge in [-0.3, -0.25) is 4.68 Å². The summed E-state index contributed by atoms with van der Waals surface area (Å²) in [6, 6.07) is 16.5. The Morgan fingerprint density at radius 3 is 2.65 bits per heavy atom. The highest BCUT2D eigenvalue weighted by Gasteiger charge is 2.11. The van der Waals surface area contributed by atoms with Crippen molar-refractivity contribution in [2.24, 2.45) is 0 Å². The molecule has 2 aromatic heterocycles. The first kappa shape index (κ1) is 19.4. The highest BCUT2D eigenvalue weighted by Crippen LogP contribution is 2.22. The molecule has 8 nitrogen and oxygen atoms in total. The lowest BCUT2D eigenvalue weighted by atomic mass is 10.2. The first-order valence-electron chi connectivity index (χ1n) is 10.8. The average Bonchev–Trinajstić information content (AvgIpc) is 3.45. The average molecular weight is 415 g/mol. The predicted octanol–water partition coefficient (Wildman–Crippen LogP) is 3.52. The van der Waals surface area contributed by atoms with Gasteiger partial charge in [0, 0.05) is 24.2 Å². The van der Waals surface area contributed by atoms with Gasteiger partial charge in [-0.15, -0.1) is 0 Å². The van der Waals surface area contributed by atoms with Crippen LogP contribution in [0.15, 0.2) is 61.1 Å². The maximum Gasteiger partial charge on any atom is 0.231 e. The molecule has 0 saturated carbocycles. The molecular formula is C23H26N8. The summed E-state index contributed by atoms with van der Waals surface area (Å²) in [5.41, 5.74) is 3.24. The Kier molecular flexibility index (Phi) is 5.70. The van der Waals surface area contributed by atoms with Gasteiger partial charge >= 0.3 is 0 Å². The maximum atomic E-state index is 4.55. The summed E-state index contributed by atoms with van der Waals surface area (Å²) in [5.74, 6) is 1.11. The lowest BCUT2D eigenvalue weighted by molar-refractivity contribution is 0.352. The van der Waals surface area contributed by atoms with Crippen LogP contribution in [-0.2, 0) is 6.54 Å². The zero-order chi connectivity index (χ0) is 20.9. The second kappa shape index (κ2) is 9.09. The third kappa shape index (κ3) is 4.80. The minimum Gasteiger partial charge on any atom is -0.353 e. The second-order valence-corrected chi connectivity index (χ2v) is 7.79. The molecule has 0 bridgehead atoms. The maximum absolute atomic E-state index is 4.55. The largest absolute Gasteiger partial charge is 0.353 e. The van der Waals surface area contributed by atoms with Crippen molar-refractivity contribution < 1.29 is 0 Å². The number of benzene rings is 2. The molecule has 1 fully saturated rings. The molecule has 5 rings (SSSR count). The van der Waals surface area contributed by atoms with Gasteiger partial charge < -0.3 is 15.5 Å². The number of nitrogens with one attached hydrogen (secondary N) is 2.